The lowest BCUT2D eigenvalue weighted by atomic mass is 9.95. The number of urea groups is 1. The zero-order chi connectivity index (χ0) is 15.1. The van der Waals surface area contributed by atoms with Crippen LogP contribution in [0.2, 0.25) is 0 Å². The molecule has 0 heterocycles. The maximum absolute atomic E-state index is 12.2. The van der Waals surface area contributed by atoms with Crippen LogP contribution >= 0.6 is 0 Å². The molecule has 1 atom stereocenters. The maximum Gasteiger partial charge on any atom is 0.317 e. The molecule has 3 nitrogen and oxygen atoms in total. The van der Waals surface area contributed by atoms with Crippen molar-refractivity contribution < 1.29 is 4.79 Å². The minimum Gasteiger partial charge on any atom is -0.338 e. The zero-order valence-corrected chi connectivity index (χ0v) is 13.3. The van der Waals surface area contributed by atoms with Crippen LogP contribution < -0.4 is 5.32 Å². The second-order valence-electron chi connectivity index (χ2n) is 6.24. The van der Waals surface area contributed by atoms with E-state index in [9.17, 15) is 4.79 Å². The van der Waals surface area contributed by atoms with E-state index in [-0.39, 0.29) is 6.03 Å². The summed E-state index contributed by atoms with van der Waals surface area (Å²) in [5, 5.41) is 3.07. The lowest BCUT2D eigenvalue weighted by Crippen LogP contribution is -2.44. The first-order chi connectivity index (χ1) is 10.2. The maximum atomic E-state index is 12.2. The molecule has 0 saturated heterocycles. The average Bonchev–Trinajstić information content (AvgIpc) is 2.55. The first-order valence-corrected chi connectivity index (χ1v) is 8.24. The minimum absolute atomic E-state index is 0.0853. The third kappa shape index (κ3) is 4.76. The van der Waals surface area contributed by atoms with Crippen LogP contribution in [0.5, 0.6) is 0 Å². The van der Waals surface area contributed by atoms with Crippen LogP contribution in [0.15, 0.2) is 30.3 Å². The number of benzene rings is 1. The molecule has 1 unspecified atom stereocenters. The van der Waals surface area contributed by atoms with Crippen LogP contribution in [-0.2, 0) is 0 Å². The van der Waals surface area contributed by atoms with E-state index in [0.717, 1.165) is 25.8 Å². The number of carbonyl (C=O) groups excluding carboxylic acids is 1. The Balaban J connectivity index is 1.71. The molecular weight excluding hydrogens is 260 g/mol. The highest BCUT2D eigenvalue weighted by Gasteiger charge is 2.21. The predicted molar refractivity (Wildman–Crippen MR) is 87.5 cm³/mol. The Labute approximate surface area is 128 Å². The topological polar surface area (TPSA) is 32.3 Å². The van der Waals surface area contributed by atoms with Gasteiger partial charge in [-0.3, -0.25) is 0 Å². The minimum atomic E-state index is 0.0853. The summed E-state index contributed by atoms with van der Waals surface area (Å²) >= 11 is 0. The third-order valence-electron chi connectivity index (χ3n) is 4.66. The zero-order valence-electron chi connectivity index (χ0n) is 13.3. The Kier molecular flexibility index (Phi) is 6.09. The third-order valence-corrected chi connectivity index (χ3v) is 4.66. The van der Waals surface area contributed by atoms with Crippen molar-refractivity contribution in [3.05, 3.63) is 35.9 Å². The highest BCUT2D eigenvalue weighted by atomic mass is 16.2. The van der Waals surface area contributed by atoms with Gasteiger partial charge in [0.05, 0.1) is 0 Å². The van der Waals surface area contributed by atoms with Gasteiger partial charge in [0.25, 0.3) is 0 Å². The molecule has 1 fully saturated rings. The highest BCUT2D eigenvalue weighted by Crippen LogP contribution is 2.21. The molecule has 0 aliphatic heterocycles. The van der Waals surface area contributed by atoms with Gasteiger partial charge in [-0.25, -0.2) is 4.79 Å². The van der Waals surface area contributed by atoms with E-state index in [1.54, 1.807) is 0 Å². The Morgan fingerprint density at radius 1 is 1.24 bits per heavy atom. The second kappa shape index (κ2) is 8.06. The Morgan fingerprint density at radius 2 is 1.90 bits per heavy atom. The smallest absolute Gasteiger partial charge is 0.317 e. The molecule has 2 amide bonds. The fraction of sp³-hybridized carbons (Fsp3) is 0.611. The number of rotatable bonds is 5. The normalized spacial score (nSPS) is 17.2. The Morgan fingerprint density at radius 3 is 2.57 bits per heavy atom. The van der Waals surface area contributed by atoms with Gasteiger partial charge in [-0.2, -0.15) is 0 Å². The van der Waals surface area contributed by atoms with Gasteiger partial charge in [-0.1, -0.05) is 56.5 Å². The van der Waals surface area contributed by atoms with Crippen LogP contribution in [-0.4, -0.2) is 30.6 Å². The van der Waals surface area contributed by atoms with Crippen molar-refractivity contribution in [1.82, 2.24) is 10.2 Å². The second-order valence-corrected chi connectivity index (χ2v) is 6.24. The fourth-order valence-corrected chi connectivity index (χ4v) is 3.10. The summed E-state index contributed by atoms with van der Waals surface area (Å²) in [5.74, 6) is 0.478. The standard InChI is InChI=1S/C18H28N2O/c1-15(16-9-5-3-6-10-16)13-14-19-18(21)20(2)17-11-7-4-8-12-17/h3,5-6,9-10,15,17H,4,7-8,11-14H2,1-2H3,(H,19,21). The summed E-state index contributed by atoms with van der Waals surface area (Å²) in [6, 6.07) is 11.0. The summed E-state index contributed by atoms with van der Waals surface area (Å²) in [6.07, 6.45) is 7.13. The quantitative estimate of drug-likeness (QED) is 0.867. The molecule has 21 heavy (non-hydrogen) atoms. The van der Waals surface area contributed by atoms with E-state index >= 15 is 0 Å². The van der Waals surface area contributed by atoms with Crippen LogP contribution in [0.4, 0.5) is 4.79 Å². The van der Waals surface area contributed by atoms with Crippen molar-refractivity contribution in [3.63, 3.8) is 0 Å². The largest absolute Gasteiger partial charge is 0.338 e. The lowest BCUT2D eigenvalue weighted by Gasteiger charge is -2.31. The number of carbonyl (C=O) groups is 1. The van der Waals surface area contributed by atoms with Gasteiger partial charge in [0, 0.05) is 19.6 Å². The van der Waals surface area contributed by atoms with Gasteiger partial charge in [0.1, 0.15) is 0 Å². The molecule has 1 aromatic carbocycles. The van der Waals surface area contributed by atoms with Gasteiger partial charge < -0.3 is 10.2 Å². The monoisotopic (exact) mass is 288 g/mol. The molecule has 2 rings (SSSR count). The van der Waals surface area contributed by atoms with E-state index in [2.05, 4.69) is 36.5 Å². The van der Waals surface area contributed by atoms with Gasteiger partial charge in [-0.05, 0) is 30.7 Å². The molecule has 0 bridgehead atoms. The number of nitrogens with one attached hydrogen (secondary N) is 1. The van der Waals surface area contributed by atoms with Gasteiger partial charge in [-0.15, -0.1) is 0 Å². The van der Waals surface area contributed by atoms with Crippen LogP contribution in [0.1, 0.15) is 56.9 Å². The predicted octanol–water partition coefficient (Wildman–Crippen LogP) is 4.15. The Hall–Kier alpha value is -1.51. The number of hydrogen-bond donors (Lipinski definition) is 1. The van der Waals surface area contributed by atoms with Crippen molar-refractivity contribution in [3.8, 4) is 0 Å². The van der Waals surface area contributed by atoms with Crippen molar-refractivity contribution in [2.75, 3.05) is 13.6 Å². The van der Waals surface area contributed by atoms with E-state index in [1.807, 2.05) is 18.0 Å². The van der Waals surface area contributed by atoms with E-state index in [0.29, 0.717) is 12.0 Å². The van der Waals surface area contributed by atoms with Crippen molar-refractivity contribution in [1.29, 1.82) is 0 Å². The lowest BCUT2D eigenvalue weighted by molar-refractivity contribution is 0.173. The SMILES string of the molecule is CC(CCNC(=O)N(C)C1CCCCC1)c1ccccc1. The summed E-state index contributed by atoms with van der Waals surface area (Å²) < 4.78 is 0. The highest BCUT2D eigenvalue weighted by molar-refractivity contribution is 5.74. The average molecular weight is 288 g/mol. The Bertz CT molecular complexity index is 426. The van der Waals surface area contributed by atoms with Crippen LogP contribution in [0, 0.1) is 0 Å². The van der Waals surface area contributed by atoms with E-state index in [4.69, 9.17) is 0 Å². The number of hydrogen-bond acceptors (Lipinski definition) is 1. The summed E-state index contributed by atoms with van der Waals surface area (Å²) in [4.78, 5) is 14.1. The van der Waals surface area contributed by atoms with Gasteiger partial charge in [0.2, 0.25) is 0 Å². The summed E-state index contributed by atoms with van der Waals surface area (Å²) in [7, 11) is 1.94. The summed E-state index contributed by atoms with van der Waals surface area (Å²) in [5.41, 5.74) is 1.34. The summed E-state index contributed by atoms with van der Waals surface area (Å²) in [6.45, 7) is 2.96. The van der Waals surface area contributed by atoms with Gasteiger partial charge >= 0.3 is 6.03 Å². The molecule has 0 spiro atoms. The molecule has 1 aliphatic carbocycles. The molecule has 1 aliphatic rings. The molecule has 0 aromatic heterocycles. The fourth-order valence-electron chi connectivity index (χ4n) is 3.10. The van der Waals surface area contributed by atoms with Gasteiger partial charge in [0.15, 0.2) is 0 Å². The van der Waals surface area contributed by atoms with Crippen LogP contribution in [0.3, 0.4) is 0 Å². The number of amides is 2. The molecule has 3 heteroatoms. The van der Waals surface area contributed by atoms with Crippen molar-refractivity contribution in [2.24, 2.45) is 0 Å². The molecule has 1 saturated carbocycles. The molecule has 0 radical (unpaired) electrons. The van der Waals surface area contributed by atoms with E-state index < -0.39 is 0 Å². The van der Waals surface area contributed by atoms with Crippen molar-refractivity contribution >= 4 is 6.03 Å². The van der Waals surface area contributed by atoms with Crippen LogP contribution in [0.25, 0.3) is 0 Å². The van der Waals surface area contributed by atoms with E-state index in [1.165, 1.54) is 24.8 Å². The molecule has 1 N–H and O–H groups in total. The number of nitrogens with zero attached hydrogens (tertiary/aromatic N) is 1. The first-order valence-electron chi connectivity index (χ1n) is 8.24. The molecule has 116 valence electrons. The first kappa shape index (κ1) is 15.9. The molecular formula is C18H28N2O. The molecule has 1 aromatic rings. The van der Waals surface area contributed by atoms with Crippen molar-refractivity contribution in [2.45, 2.75) is 57.4 Å².